The van der Waals surface area contributed by atoms with Crippen LogP contribution < -0.4 is 10.2 Å². The van der Waals surface area contributed by atoms with Crippen molar-refractivity contribution in [2.75, 3.05) is 0 Å². The number of carboxylic acid groups (broad SMARTS) is 2. The first-order chi connectivity index (χ1) is 10.1. The Bertz CT molecular complexity index is 507. The van der Waals surface area contributed by atoms with Gasteiger partial charge < -0.3 is 30.0 Å². The van der Waals surface area contributed by atoms with Crippen molar-refractivity contribution in [1.82, 2.24) is 0 Å². The Hall–Kier alpha value is -1.47. The second kappa shape index (κ2) is 8.40. The number of aliphatic carboxylic acids is 2. The van der Waals surface area contributed by atoms with Crippen molar-refractivity contribution in [2.24, 2.45) is 11.8 Å². The van der Waals surface area contributed by atoms with Gasteiger partial charge in [0.1, 0.15) is 0 Å². The average Bonchev–Trinajstić information content (AvgIpc) is 2.37. The summed E-state index contributed by atoms with van der Waals surface area (Å²) < 4.78 is 0. The van der Waals surface area contributed by atoms with Gasteiger partial charge in [0, 0.05) is 11.8 Å². The number of allylic oxidation sites excluding steroid dienone is 4. The first kappa shape index (κ1) is 21.5. The molecule has 0 radical (unpaired) electrons. The molecule has 0 aromatic carbocycles. The van der Waals surface area contributed by atoms with Crippen LogP contribution in [0.25, 0.3) is 0 Å². The third-order valence-corrected chi connectivity index (χ3v) is 3.46. The first-order valence-corrected chi connectivity index (χ1v) is 6.66. The minimum Gasteiger partial charge on any atom is -0.549 e. The van der Waals surface area contributed by atoms with E-state index in [-0.39, 0.29) is 21.7 Å². The van der Waals surface area contributed by atoms with Gasteiger partial charge in [0.2, 0.25) is 0 Å². The third-order valence-electron chi connectivity index (χ3n) is 3.46. The van der Waals surface area contributed by atoms with Gasteiger partial charge in [-0.1, -0.05) is 48.6 Å². The molecule has 2 N–H and O–H groups in total. The van der Waals surface area contributed by atoms with Crippen LogP contribution in [-0.2, 0) is 31.3 Å². The maximum Gasteiger partial charge on any atom is 2.00 e. The van der Waals surface area contributed by atoms with Crippen LogP contribution >= 0.6 is 0 Å². The number of carbonyl (C=O) groups is 2. The van der Waals surface area contributed by atoms with Crippen LogP contribution in [0.4, 0.5) is 0 Å². The molecule has 0 aromatic heterocycles. The Morgan fingerprint density at radius 2 is 1.13 bits per heavy atom. The molecule has 0 aromatic rings. The molecule has 2 rings (SSSR count). The zero-order valence-corrected chi connectivity index (χ0v) is 14.4. The van der Waals surface area contributed by atoms with E-state index in [0.29, 0.717) is 0 Å². The minimum atomic E-state index is -1.31. The van der Waals surface area contributed by atoms with E-state index in [4.69, 9.17) is 0 Å². The summed E-state index contributed by atoms with van der Waals surface area (Å²) in [6.45, 7) is 2.88. The van der Waals surface area contributed by atoms with Gasteiger partial charge in [-0.25, -0.2) is 0 Å². The van der Waals surface area contributed by atoms with E-state index >= 15 is 0 Å². The zero-order valence-electron chi connectivity index (χ0n) is 12.8. The van der Waals surface area contributed by atoms with Crippen molar-refractivity contribution in [3.8, 4) is 0 Å². The molecule has 7 heteroatoms. The molecule has 122 valence electrons. The third kappa shape index (κ3) is 5.91. The minimum absolute atomic E-state index is 0. The van der Waals surface area contributed by atoms with Gasteiger partial charge in [-0.3, -0.25) is 0 Å². The van der Waals surface area contributed by atoms with E-state index in [9.17, 15) is 30.0 Å². The number of rotatable bonds is 2. The molecule has 0 fully saturated rings. The molecule has 0 saturated heterocycles. The largest absolute Gasteiger partial charge is 2.00 e. The fourth-order valence-corrected chi connectivity index (χ4v) is 2.08. The molecule has 0 heterocycles. The predicted molar refractivity (Wildman–Crippen MR) is 74.8 cm³/mol. The van der Waals surface area contributed by atoms with Crippen molar-refractivity contribution in [3.63, 3.8) is 0 Å². The summed E-state index contributed by atoms with van der Waals surface area (Å²) in [6.07, 6.45) is 12.1. The van der Waals surface area contributed by atoms with E-state index in [2.05, 4.69) is 0 Å². The van der Waals surface area contributed by atoms with Gasteiger partial charge in [-0.05, 0) is 13.8 Å². The zero-order chi connectivity index (χ0) is 17.0. The molecule has 0 spiro atoms. The summed E-state index contributed by atoms with van der Waals surface area (Å²) >= 11 is 0. The molecule has 4 atom stereocenters. The summed E-state index contributed by atoms with van der Waals surface area (Å²) in [5.41, 5.74) is -2.62. The van der Waals surface area contributed by atoms with E-state index < -0.39 is 35.0 Å². The van der Waals surface area contributed by atoms with Gasteiger partial charge in [0.15, 0.2) is 0 Å². The standard InChI is InChI=1S/2C8H10O3.Ti/c2*1-8(11)5-3-2-4-6(8)7(9)10;/h2*2-6,11H,1H3,(H,9,10);/q;;+2/p-2. The fourth-order valence-electron chi connectivity index (χ4n) is 2.08. The molecule has 0 aliphatic heterocycles. The van der Waals surface area contributed by atoms with Crippen LogP contribution in [0, 0.1) is 11.8 Å². The van der Waals surface area contributed by atoms with Crippen LogP contribution in [0.5, 0.6) is 0 Å². The van der Waals surface area contributed by atoms with Crippen LogP contribution in [0.3, 0.4) is 0 Å². The Morgan fingerprint density at radius 3 is 1.30 bits per heavy atom. The van der Waals surface area contributed by atoms with Crippen LogP contribution in [-0.4, -0.2) is 33.4 Å². The van der Waals surface area contributed by atoms with Crippen LogP contribution in [0.1, 0.15) is 13.8 Å². The Balaban J connectivity index is 0.000000403. The van der Waals surface area contributed by atoms with E-state index in [0.717, 1.165) is 0 Å². The topological polar surface area (TPSA) is 121 Å². The SMILES string of the molecule is CC1(O)C=CC=CC1C(=O)[O-].CC1(O)C=CC=CC1C(=O)[O-].[Ti+2]. The Labute approximate surface area is 149 Å². The van der Waals surface area contributed by atoms with Crippen molar-refractivity contribution in [3.05, 3.63) is 48.6 Å². The normalized spacial score (nSPS) is 34.1. The van der Waals surface area contributed by atoms with Crippen molar-refractivity contribution >= 4 is 11.9 Å². The average molecular weight is 354 g/mol. The molecule has 0 amide bonds. The molecule has 23 heavy (non-hydrogen) atoms. The molecule has 4 unspecified atom stereocenters. The summed E-state index contributed by atoms with van der Waals surface area (Å²) in [7, 11) is 0. The quantitative estimate of drug-likeness (QED) is 0.580. The van der Waals surface area contributed by atoms with Crippen LogP contribution in [0.15, 0.2) is 48.6 Å². The number of hydrogen-bond acceptors (Lipinski definition) is 6. The van der Waals surface area contributed by atoms with Crippen molar-refractivity contribution in [2.45, 2.75) is 25.0 Å². The number of hydrogen-bond donors (Lipinski definition) is 2. The van der Waals surface area contributed by atoms with Gasteiger partial charge >= 0.3 is 21.7 Å². The molecule has 0 saturated carbocycles. The monoisotopic (exact) mass is 354 g/mol. The molecule has 2 aliphatic rings. The second-order valence-corrected chi connectivity index (χ2v) is 5.53. The maximum absolute atomic E-state index is 10.4. The van der Waals surface area contributed by atoms with Crippen LogP contribution in [0.2, 0.25) is 0 Å². The molecule has 0 bridgehead atoms. The predicted octanol–water partition coefficient (Wildman–Crippen LogP) is -1.54. The summed E-state index contributed by atoms with van der Waals surface area (Å²) in [4.78, 5) is 20.8. The summed E-state index contributed by atoms with van der Waals surface area (Å²) in [5.74, 6) is -4.38. The van der Waals surface area contributed by atoms with Gasteiger partial charge in [-0.2, -0.15) is 0 Å². The first-order valence-electron chi connectivity index (χ1n) is 6.66. The number of carbonyl (C=O) groups excluding carboxylic acids is 2. The molecule has 6 nitrogen and oxygen atoms in total. The summed E-state index contributed by atoms with van der Waals surface area (Å²) in [5, 5.41) is 39.7. The summed E-state index contributed by atoms with van der Waals surface area (Å²) in [6, 6.07) is 0. The number of carboxylic acids is 2. The number of aliphatic hydroxyl groups is 2. The molecular formula is C16H18O6Ti. The molecule has 2 aliphatic carbocycles. The maximum atomic E-state index is 10.4. The van der Waals surface area contributed by atoms with Crippen molar-refractivity contribution < 1.29 is 51.7 Å². The van der Waals surface area contributed by atoms with Gasteiger partial charge in [0.05, 0.1) is 23.1 Å². The second-order valence-electron chi connectivity index (χ2n) is 5.53. The fraction of sp³-hybridized carbons (Fsp3) is 0.375. The van der Waals surface area contributed by atoms with Crippen molar-refractivity contribution in [1.29, 1.82) is 0 Å². The Kier molecular flexibility index (Phi) is 7.87. The Morgan fingerprint density at radius 1 is 0.826 bits per heavy atom. The van der Waals surface area contributed by atoms with E-state index in [1.165, 1.54) is 38.2 Å². The van der Waals surface area contributed by atoms with Gasteiger partial charge in [-0.15, -0.1) is 0 Å². The molecular weight excluding hydrogens is 336 g/mol. The van der Waals surface area contributed by atoms with E-state index in [1.807, 2.05) is 0 Å². The smallest absolute Gasteiger partial charge is 0.549 e. The van der Waals surface area contributed by atoms with E-state index in [1.54, 1.807) is 24.3 Å². The van der Waals surface area contributed by atoms with Gasteiger partial charge in [0.25, 0.3) is 0 Å².